The van der Waals surface area contributed by atoms with Crippen LogP contribution in [-0.2, 0) is 14.2 Å². The number of alkyl halides is 1. The number of ether oxygens (including phenoxy) is 3. The first-order valence-electron chi connectivity index (χ1n) is 2.34. The van der Waals surface area contributed by atoms with E-state index in [9.17, 15) is 4.79 Å². The van der Waals surface area contributed by atoms with Gasteiger partial charge in [-0.25, -0.2) is 4.79 Å². The highest BCUT2D eigenvalue weighted by Gasteiger charge is 2.27. The number of hydrogen-bond donors (Lipinski definition) is 0. The zero-order chi connectivity index (χ0) is 6.69. The average molecular weight is 153 g/mol. The van der Waals surface area contributed by atoms with Gasteiger partial charge in [-0.05, 0) is 0 Å². The van der Waals surface area contributed by atoms with Crippen LogP contribution in [0.1, 0.15) is 0 Å². The molecule has 0 bridgehead atoms. The van der Waals surface area contributed by atoms with E-state index in [1.807, 2.05) is 0 Å². The van der Waals surface area contributed by atoms with Crippen LogP contribution >= 0.6 is 11.6 Å². The normalized spacial score (nSPS) is 23.0. The summed E-state index contributed by atoms with van der Waals surface area (Å²) in [5.74, 6) is 0. The minimum Gasteiger partial charge on any atom is -0.418 e. The van der Waals surface area contributed by atoms with Crippen molar-refractivity contribution in [1.29, 1.82) is 0 Å². The van der Waals surface area contributed by atoms with Gasteiger partial charge in [0.05, 0.1) is 0 Å². The second kappa shape index (κ2) is 2.89. The van der Waals surface area contributed by atoms with Crippen molar-refractivity contribution in [3.8, 4) is 0 Å². The fourth-order valence-electron chi connectivity index (χ4n) is 0.293. The third-order valence-corrected chi connectivity index (χ3v) is 0.812. The van der Waals surface area contributed by atoms with E-state index in [0.29, 0.717) is 6.61 Å². The smallest absolute Gasteiger partial charge is 0.418 e. The Morgan fingerprint density at radius 1 is 1.89 bits per heavy atom. The molecule has 0 saturated carbocycles. The summed E-state index contributed by atoms with van der Waals surface area (Å²) in [4.78, 5) is 10.3. The lowest BCUT2D eigenvalue weighted by molar-refractivity contribution is 0.0323. The summed E-state index contributed by atoms with van der Waals surface area (Å²) >= 11 is 5.04. The Balaban J connectivity index is 2.02. The van der Waals surface area contributed by atoms with Crippen LogP contribution < -0.4 is 0 Å². The SMILES string of the molecule is O=C(OCCl)OC1CO1. The molecule has 4 nitrogen and oxygen atoms in total. The maximum atomic E-state index is 10.3. The molecule has 0 spiro atoms. The van der Waals surface area contributed by atoms with E-state index in [0.717, 1.165) is 0 Å². The van der Waals surface area contributed by atoms with Crippen molar-refractivity contribution in [3.05, 3.63) is 0 Å². The lowest BCUT2D eigenvalue weighted by Crippen LogP contribution is -2.07. The standard InChI is InChI=1S/C4H5ClO4/c5-2-8-4(6)9-3-1-7-3/h3H,1-2H2. The molecular weight excluding hydrogens is 147 g/mol. The summed E-state index contributed by atoms with van der Waals surface area (Å²) in [5.41, 5.74) is 0. The first-order valence-corrected chi connectivity index (χ1v) is 2.87. The number of carbonyl (C=O) groups excluding carboxylic acids is 1. The molecule has 1 unspecified atom stereocenters. The molecular formula is C4H5ClO4. The predicted molar refractivity (Wildman–Crippen MR) is 28.0 cm³/mol. The van der Waals surface area contributed by atoms with Gasteiger partial charge in [0, 0.05) is 0 Å². The monoisotopic (exact) mass is 152 g/mol. The minimum atomic E-state index is -0.785. The molecule has 1 fully saturated rings. The van der Waals surface area contributed by atoms with Gasteiger partial charge in [-0.1, -0.05) is 11.6 Å². The molecule has 1 aliphatic rings. The van der Waals surface area contributed by atoms with Crippen LogP contribution in [0.2, 0.25) is 0 Å². The van der Waals surface area contributed by atoms with Crippen molar-refractivity contribution in [1.82, 2.24) is 0 Å². The Bertz CT molecular complexity index is 111. The van der Waals surface area contributed by atoms with Gasteiger partial charge in [0.15, 0.2) is 6.07 Å². The Hall–Kier alpha value is -0.480. The molecule has 0 aliphatic carbocycles. The third-order valence-electron chi connectivity index (χ3n) is 0.703. The highest BCUT2D eigenvalue weighted by molar-refractivity contribution is 6.17. The van der Waals surface area contributed by atoms with Crippen molar-refractivity contribution in [2.75, 3.05) is 12.7 Å². The zero-order valence-electron chi connectivity index (χ0n) is 4.50. The second-order valence-corrected chi connectivity index (χ2v) is 1.60. The summed E-state index contributed by atoms with van der Waals surface area (Å²) in [7, 11) is 0. The van der Waals surface area contributed by atoms with Crippen LogP contribution in [-0.4, -0.2) is 25.1 Å². The van der Waals surface area contributed by atoms with E-state index < -0.39 is 12.4 Å². The topological polar surface area (TPSA) is 48.1 Å². The van der Waals surface area contributed by atoms with Crippen LogP contribution in [0.5, 0.6) is 0 Å². The van der Waals surface area contributed by atoms with Gasteiger partial charge in [-0.3, -0.25) is 0 Å². The molecule has 9 heavy (non-hydrogen) atoms. The van der Waals surface area contributed by atoms with Crippen LogP contribution in [0, 0.1) is 0 Å². The Labute approximate surface area is 56.6 Å². The van der Waals surface area contributed by atoms with Gasteiger partial charge < -0.3 is 14.2 Å². The van der Waals surface area contributed by atoms with Crippen LogP contribution in [0.25, 0.3) is 0 Å². The van der Waals surface area contributed by atoms with Gasteiger partial charge in [0.1, 0.15) is 6.61 Å². The summed E-state index contributed by atoms with van der Waals surface area (Å²) in [6.45, 7) is 0.456. The molecule has 0 N–H and O–H groups in total. The number of rotatable bonds is 2. The van der Waals surface area contributed by atoms with E-state index >= 15 is 0 Å². The van der Waals surface area contributed by atoms with Gasteiger partial charge >= 0.3 is 6.16 Å². The lowest BCUT2D eigenvalue weighted by Gasteiger charge is -1.97. The minimum absolute atomic E-state index is 0.189. The van der Waals surface area contributed by atoms with Gasteiger partial charge in [0.25, 0.3) is 0 Å². The largest absolute Gasteiger partial charge is 0.511 e. The summed E-state index contributed by atoms with van der Waals surface area (Å²) in [5, 5.41) is 0. The van der Waals surface area contributed by atoms with Crippen molar-refractivity contribution in [3.63, 3.8) is 0 Å². The summed E-state index contributed by atoms with van der Waals surface area (Å²) < 4.78 is 13.2. The van der Waals surface area contributed by atoms with E-state index in [-0.39, 0.29) is 6.07 Å². The van der Waals surface area contributed by atoms with E-state index in [2.05, 4.69) is 14.2 Å². The summed E-state index contributed by atoms with van der Waals surface area (Å²) in [6.07, 6.45) is -1.19. The van der Waals surface area contributed by atoms with Gasteiger partial charge in [-0.15, -0.1) is 0 Å². The second-order valence-electron chi connectivity index (χ2n) is 1.38. The number of epoxide rings is 1. The van der Waals surface area contributed by atoms with Crippen LogP contribution in [0.4, 0.5) is 4.79 Å². The molecule has 52 valence electrons. The molecule has 1 rings (SSSR count). The zero-order valence-corrected chi connectivity index (χ0v) is 5.26. The molecule has 0 radical (unpaired) electrons. The first-order chi connectivity index (χ1) is 4.33. The molecule has 0 aromatic heterocycles. The van der Waals surface area contributed by atoms with E-state index in [4.69, 9.17) is 11.6 Å². The Morgan fingerprint density at radius 2 is 2.56 bits per heavy atom. The van der Waals surface area contributed by atoms with Gasteiger partial charge in [-0.2, -0.15) is 0 Å². The van der Waals surface area contributed by atoms with Crippen molar-refractivity contribution >= 4 is 17.8 Å². The van der Waals surface area contributed by atoms with Gasteiger partial charge in [0.2, 0.25) is 6.29 Å². The molecule has 1 heterocycles. The van der Waals surface area contributed by atoms with Crippen molar-refractivity contribution < 1.29 is 19.0 Å². The highest BCUT2D eigenvalue weighted by Crippen LogP contribution is 2.10. The molecule has 0 aromatic rings. The molecule has 1 atom stereocenters. The molecule has 1 saturated heterocycles. The maximum Gasteiger partial charge on any atom is 0.511 e. The number of carbonyl (C=O) groups is 1. The average Bonchev–Trinajstić information content (AvgIpc) is 2.50. The first kappa shape index (κ1) is 6.64. The lowest BCUT2D eigenvalue weighted by atomic mass is 10.9. The molecule has 0 aromatic carbocycles. The Morgan fingerprint density at radius 3 is 3.00 bits per heavy atom. The van der Waals surface area contributed by atoms with E-state index in [1.165, 1.54) is 0 Å². The predicted octanol–water partition coefficient (Wildman–Crippen LogP) is 0.692. The molecule has 0 amide bonds. The van der Waals surface area contributed by atoms with Crippen LogP contribution in [0.3, 0.4) is 0 Å². The van der Waals surface area contributed by atoms with Crippen molar-refractivity contribution in [2.45, 2.75) is 6.29 Å². The van der Waals surface area contributed by atoms with Crippen LogP contribution in [0.15, 0.2) is 0 Å². The Kier molecular flexibility index (Phi) is 2.13. The number of halogens is 1. The fourth-order valence-corrected chi connectivity index (χ4v) is 0.382. The number of hydrogen-bond acceptors (Lipinski definition) is 4. The fraction of sp³-hybridized carbons (Fsp3) is 0.750. The van der Waals surface area contributed by atoms with Crippen molar-refractivity contribution in [2.24, 2.45) is 0 Å². The van der Waals surface area contributed by atoms with E-state index in [1.54, 1.807) is 0 Å². The summed E-state index contributed by atoms with van der Waals surface area (Å²) in [6, 6.07) is -0.189. The molecule has 5 heteroatoms. The highest BCUT2D eigenvalue weighted by atomic mass is 35.5. The molecule has 1 aliphatic heterocycles. The quantitative estimate of drug-likeness (QED) is 0.332. The third kappa shape index (κ3) is 2.53. The maximum absolute atomic E-state index is 10.3.